The summed E-state index contributed by atoms with van der Waals surface area (Å²) in [4.78, 5) is 12.7. The predicted molar refractivity (Wildman–Crippen MR) is 83.1 cm³/mol. The number of carbonyl (C=O) groups is 1. The molecule has 4 nitrogen and oxygen atoms in total. The second kappa shape index (κ2) is 6.89. The highest BCUT2D eigenvalue weighted by atomic mass is 32.2. The van der Waals surface area contributed by atoms with Crippen molar-refractivity contribution in [1.29, 1.82) is 0 Å². The van der Waals surface area contributed by atoms with Gasteiger partial charge in [0.1, 0.15) is 6.17 Å². The van der Waals surface area contributed by atoms with E-state index in [0.29, 0.717) is 22.7 Å². The minimum absolute atomic E-state index is 0.135. The third-order valence-electron chi connectivity index (χ3n) is 3.34. The van der Waals surface area contributed by atoms with E-state index in [9.17, 15) is 26.7 Å². The van der Waals surface area contributed by atoms with Gasteiger partial charge in [-0.1, -0.05) is 0 Å². The van der Waals surface area contributed by atoms with Crippen molar-refractivity contribution in [1.82, 2.24) is 4.72 Å². The molecule has 25 heavy (non-hydrogen) atoms. The SMILES string of the molecule is O=C(Nc1cc(F)c(F)c(F)c1)c1ccc2c(c1)SNC(C(F)F)N2. The van der Waals surface area contributed by atoms with Crippen LogP contribution in [-0.2, 0) is 0 Å². The highest BCUT2D eigenvalue weighted by Crippen LogP contribution is 2.32. The van der Waals surface area contributed by atoms with Gasteiger partial charge in [0, 0.05) is 28.3 Å². The molecule has 1 heterocycles. The van der Waals surface area contributed by atoms with Gasteiger partial charge in [0.2, 0.25) is 0 Å². The van der Waals surface area contributed by atoms with Crippen LogP contribution in [0.25, 0.3) is 0 Å². The molecule has 10 heteroatoms. The maximum Gasteiger partial charge on any atom is 0.272 e. The first-order chi connectivity index (χ1) is 11.8. The van der Waals surface area contributed by atoms with E-state index in [1.807, 2.05) is 0 Å². The van der Waals surface area contributed by atoms with E-state index in [1.165, 1.54) is 18.2 Å². The standard InChI is InChI=1S/C15H10F5N3OS/c16-8-4-7(5-9(17)12(8)18)21-15(24)6-1-2-10-11(3-6)25-23-14(22-10)13(19)20/h1-5,13-14,22-23H,(H,21,24). The number of benzene rings is 2. The van der Waals surface area contributed by atoms with Crippen LogP contribution in [0.1, 0.15) is 10.4 Å². The van der Waals surface area contributed by atoms with Crippen LogP contribution in [0.5, 0.6) is 0 Å². The maximum absolute atomic E-state index is 13.2. The van der Waals surface area contributed by atoms with E-state index in [-0.39, 0.29) is 11.3 Å². The van der Waals surface area contributed by atoms with Gasteiger partial charge in [0.15, 0.2) is 17.5 Å². The Morgan fingerprint density at radius 2 is 1.80 bits per heavy atom. The van der Waals surface area contributed by atoms with E-state index in [0.717, 1.165) is 11.9 Å². The average Bonchev–Trinajstić information content (AvgIpc) is 2.58. The number of carbonyl (C=O) groups excluding carboxylic acids is 1. The number of fused-ring (bicyclic) bond motifs is 1. The van der Waals surface area contributed by atoms with Crippen LogP contribution < -0.4 is 15.4 Å². The number of nitrogens with one attached hydrogen (secondary N) is 3. The topological polar surface area (TPSA) is 53.2 Å². The van der Waals surface area contributed by atoms with Gasteiger partial charge in [0.05, 0.1) is 5.69 Å². The van der Waals surface area contributed by atoms with Gasteiger partial charge in [-0.2, -0.15) is 0 Å². The third kappa shape index (κ3) is 3.69. The van der Waals surface area contributed by atoms with Crippen molar-refractivity contribution in [3.8, 4) is 0 Å². The fourth-order valence-corrected chi connectivity index (χ4v) is 2.98. The van der Waals surface area contributed by atoms with Crippen LogP contribution in [0.3, 0.4) is 0 Å². The fraction of sp³-hybridized carbons (Fsp3) is 0.133. The summed E-state index contributed by atoms with van der Waals surface area (Å²) in [6.45, 7) is 0. The van der Waals surface area contributed by atoms with Crippen LogP contribution in [0.15, 0.2) is 35.2 Å². The largest absolute Gasteiger partial charge is 0.363 e. The second-order valence-electron chi connectivity index (χ2n) is 5.10. The van der Waals surface area contributed by atoms with Crippen LogP contribution in [-0.4, -0.2) is 18.5 Å². The van der Waals surface area contributed by atoms with Gasteiger partial charge >= 0.3 is 0 Å². The molecule has 1 unspecified atom stereocenters. The summed E-state index contributed by atoms with van der Waals surface area (Å²) in [6, 6.07) is 5.54. The van der Waals surface area contributed by atoms with Crippen molar-refractivity contribution in [2.75, 3.05) is 10.6 Å². The predicted octanol–water partition coefficient (Wildman–Crippen LogP) is 3.97. The quantitative estimate of drug-likeness (QED) is 0.432. The molecular formula is C15H10F5N3OS. The summed E-state index contributed by atoms with van der Waals surface area (Å²) in [5.41, 5.74) is 0.306. The van der Waals surface area contributed by atoms with Crippen molar-refractivity contribution in [2.45, 2.75) is 17.5 Å². The first-order valence-electron chi connectivity index (χ1n) is 6.92. The molecule has 0 aromatic heterocycles. The highest BCUT2D eigenvalue weighted by molar-refractivity contribution is 7.97. The summed E-state index contributed by atoms with van der Waals surface area (Å²) in [6.07, 6.45) is -3.84. The van der Waals surface area contributed by atoms with E-state index in [4.69, 9.17) is 0 Å². The lowest BCUT2D eigenvalue weighted by Gasteiger charge is -2.27. The van der Waals surface area contributed by atoms with Gasteiger partial charge in [-0.25, -0.2) is 26.7 Å². The lowest BCUT2D eigenvalue weighted by molar-refractivity contribution is 0.102. The number of halogens is 5. The molecule has 0 spiro atoms. The van der Waals surface area contributed by atoms with Crippen LogP contribution >= 0.6 is 11.9 Å². The van der Waals surface area contributed by atoms with Gasteiger partial charge in [0.25, 0.3) is 12.3 Å². The lowest BCUT2D eigenvalue weighted by atomic mass is 10.1. The highest BCUT2D eigenvalue weighted by Gasteiger charge is 2.26. The monoisotopic (exact) mass is 375 g/mol. The molecule has 3 N–H and O–H groups in total. The molecule has 132 valence electrons. The first kappa shape index (κ1) is 17.5. The summed E-state index contributed by atoms with van der Waals surface area (Å²) < 4.78 is 67.1. The Kier molecular flexibility index (Phi) is 4.82. The minimum atomic E-state index is -2.62. The minimum Gasteiger partial charge on any atom is -0.363 e. The molecule has 0 aliphatic carbocycles. The number of amides is 1. The summed E-state index contributed by atoms with van der Waals surface area (Å²) in [5, 5.41) is 4.82. The normalized spacial score (nSPS) is 16.3. The van der Waals surface area contributed by atoms with Gasteiger partial charge in [-0.3, -0.25) is 4.79 Å². The molecule has 1 atom stereocenters. The second-order valence-corrected chi connectivity index (χ2v) is 5.97. The van der Waals surface area contributed by atoms with Gasteiger partial charge in [-0.05, 0) is 30.1 Å². The molecule has 0 fully saturated rings. The van der Waals surface area contributed by atoms with Crippen molar-refractivity contribution in [3.63, 3.8) is 0 Å². The average molecular weight is 375 g/mol. The smallest absolute Gasteiger partial charge is 0.272 e. The summed E-state index contributed by atoms with van der Waals surface area (Å²) >= 11 is 0.928. The van der Waals surface area contributed by atoms with Crippen molar-refractivity contribution in [2.24, 2.45) is 0 Å². The number of hydrogen-bond acceptors (Lipinski definition) is 4. The molecule has 2 aromatic rings. The van der Waals surface area contributed by atoms with Gasteiger partial charge < -0.3 is 10.6 Å². The first-order valence-corrected chi connectivity index (χ1v) is 7.74. The summed E-state index contributed by atoms with van der Waals surface area (Å²) in [5.74, 6) is -5.18. The Morgan fingerprint density at radius 3 is 2.44 bits per heavy atom. The Bertz CT molecular complexity index is 810. The number of anilines is 2. The number of alkyl halides is 2. The number of hydrogen-bond donors (Lipinski definition) is 3. The van der Waals surface area contributed by atoms with Gasteiger partial charge in [-0.15, -0.1) is 0 Å². The van der Waals surface area contributed by atoms with Crippen LogP contribution in [0.4, 0.5) is 33.3 Å². The fourth-order valence-electron chi connectivity index (χ4n) is 2.14. The molecule has 0 saturated heterocycles. The van der Waals surface area contributed by atoms with Crippen molar-refractivity contribution >= 4 is 29.2 Å². The molecule has 0 saturated carbocycles. The Morgan fingerprint density at radius 1 is 1.12 bits per heavy atom. The zero-order valence-corrected chi connectivity index (χ0v) is 13.1. The van der Waals surface area contributed by atoms with Crippen LogP contribution in [0, 0.1) is 17.5 Å². The van der Waals surface area contributed by atoms with Crippen LogP contribution in [0.2, 0.25) is 0 Å². The third-order valence-corrected chi connectivity index (χ3v) is 4.27. The molecule has 1 aliphatic rings. The maximum atomic E-state index is 13.2. The molecular weight excluding hydrogens is 365 g/mol. The van der Waals surface area contributed by atoms with E-state index in [1.54, 1.807) is 0 Å². The molecule has 3 rings (SSSR count). The zero-order valence-electron chi connectivity index (χ0n) is 12.2. The molecule has 1 aliphatic heterocycles. The lowest BCUT2D eigenvalue weighted by Crippen LogP contribution is -2.41. The van der Waals surface area contributed by atoms with Crippen molar-refractivity contribution in [3.05, 3.63) is 53.3 Å². The Balaban J connectivity index is 1.78. The molecule has 0 bridgehead atoms. The van der Waals surface area contributed by atoms with Crippen molar-refractivity contribution < 1.29 is 26.7 Å². The number of rotatable bonds is 3. The Labute approximate surface area is 142 Å². The zero-order chi connectivity index (χ0) is 18.1. The summed E-state index contributed by atoms with van der Waals surface area (Å²) in [7, 11) is 0. The molecule has 0 radical (unpaired) electrons. The molecule has 1 amide bonds. The van der Waals surface area contributed by atoms with E-state index in [2.05, 4.69) is 15.4 Å². The molecule has 2 aromatic carbocycles. The van der Waals surface area contributed by atoms with E-state index >= 15 is 0 Å². The van der Waals surface area contributed by atoms with E-state index < -0.39 is 36.0 Å². The Hall–Kier alpha value is -2.33.